The molecule has 0 radical (unpaired) electrons. The van der Waals surface area contributed by atoms with Crippen molar-refractivity contribution < 1.29 is 4.79 Å². The Hall–Kier alpha value is 0.470. The zero-order valence-electron chi connectivity index (χ0n) is 4.76. The van der Waals surface area contributed by atoms with E-state index in [0.717, 1.165) is 13.0 Å². The number of rotatable bonds is 1. The summed E-state index contributed by atoms with van der Waals surface area (Å²) in [4.78, 5) is 12.3. The van der Waals surface area contributed by atoms with Crippen LogP contribution in [0.25, 0.3) is 0 Å². The van der Waals surface area contributed by atoms with Crippen molar-refractivity contribution in [2.45, 2.75) is 12.8 Å². The molecule has 1 rings (SSSR count). The Balaban J connectivity index is 0.000000640. The predicted octanol–water partition coefficient (Wildman–Crippen LogP) is -0.164. The zero-order valence-corrected chi connectivity index (χ0v) is 4.76. The van der Waals surface area contributed by atoms with Gasteiger partial charge in [-0.1, -0.05) is 6.58 Å². The summed E-state index contributed by atoms with van der Waals surface area (Å²) in [6.45, 7) is 4.36. The van der Waals surface area contributed by atoms with Crippen LogP contribution in [0.5, 0.6) is 0 Å². The van der Waals surface area contributed by atoms with Crippen molar-refractivity contribution in [2.24, 2.45) is 0 Å². The van der Waals surface area contributed by atoms with Crippen LogP contribution in [0.15, 0.2) is 12.8 Å². The standard InChI is InChI=1S/C6H9NO.Ca.2H/c1-2-7-5-3-4-6(7)8;;;/h2H,1,3-5H2;;;. The molecule has 1 heterocycles. The average Bonchev–Trinajstić information content (AvgIpc) is 2.14. The average molecular weight is 153 g/mol. The molecule has 9 heavy (non-hydrogen) atoms. The molecule has 48 valence electrons. The Labute approximate surface area is 84.9 Å². The Morgan fingerprint density at radius 2 is 2.33 bits per heavy atom. The van der Waals surface area contributed by atoms with E-state index in [1.54, 1.807) is 11.1 Å². The summed E-state index contributed by atoms with van der Waals surface area (Å²) in [5.74, 6) is 0.208. The Bertz CT molecular complexity index is 124. The van der Waals surface area contributed by atoms with Gasteiger partial charge in [0.2, 0.25) is 5.91 Å². The minimum absolute atomic E-state index is 0. The van der Waals surface area contributed by atoms with Gasteiger partial charge in [-0.2, -0.15) is 0 Å². The number of nitrogens with zero attached hydrogens (tertiary/aromatic N) is 1. The van der Waals surface area contributed by atoms with E-state index in [4.69, 9.17) is 0 Å². The Morgan fingerprint density at radius 1 is 1.67 bits per heavy atom. The van der Waals surface area contributed by atoms with E-state index < -0.39 is 0 Å². The van der Waals surface area contributed by atoms with E-state index in [9.17, 15) is 4.79 Å². The molecular formula is C6H11CaNO. The molecule has 0 aromatic carbocycles. The molecule has 3 heteroatoms. The minimum atomic E-state index is 0. The van der Waals surface area contributed by atoms with Gasteiger partial charge >= 0.3 is 37.7 Å². The Kier molecular flexibility index (Phi) is 4.54. The van der Waals surface area contributed by atoms with Gasteiger partial charge in [-0.3, -0.25) is 4.79 Å². The van der Waals surface area contributed by atoms with E-state index in [2.05, 4.69) is 6.58 Å². The van der Waals surface area contributed by atoms with E-state index >= 15 is 0 Å². The van der Waals surface area contributed by atoms with Crippen molar-refractivity contribution in [1.82, 2.24) is 4.90 Å². The van der Waals surface area contributed by atoms with Crippen LogP contribution in [0.4, 0.5) is 0 Å². The number of hydrogen-bond donors (Lipinski definition) is 0. The van der Waals surface area contributed by atoms with Crippen molar-refractivity contribution in [3.63, 3.8) is 0 Å². The first-order chi connectivity index (χ1) is 3.84. The molecule has 0 bridgehead atoms. The van der Waals surface area contributed by atoms with E-state index in [1.165, 1.54) is 0 Å². The number of carbonyl (C=O) groups excluding carboxylic acids is 1. The second-order valence-corrected chi connectivity index (χ2v) is 1.87. The molecule has 0 aromatic heterocycles. The van der Waals surface area contributed by atoms with Crippen molar-refractivity contribution >= 4 is 43.6 Å². The van der Waals surface area contributed by atoms with Crippen LogP contribution < -0.4 is 0 Å². The van der Waals surface area contributed by atoms with Gasteiger partial charge in [-0.15, -0.1) is 0 Å². The third-order valence-corrected chi connectivity index (χ3v) is 1.33. The monoisotopic (exact) mass is 153 g/mol. The summed E-state index contributed by atoms with van der Waals surface area (Å²) in [7, 11) is 0. The van der Waals surface area contributed by atoms with Gasteiger partial charge in [0.1, 0.15) is 0 Å². The summed E-state index contributed by atoms with van der Waals surface area (Å²) in [5, 5.41) is 0. The maximum atomic E-state index is 10.7. The molecule has 0 saturated carbocycles. The van der Waals surface area contributed by atoms with Crippen LogP contribution in [-0.2, 0) is 4.79 Å². The van der Waals surface area contributed by atoms with E-state index in [0.29, 0.717) is 6.42 Å². The number of amides is 1. The molecule has 1 saturated heterocycles. The molecule has 0 aliphatic carbocycles. The van der Waals surface area contributed by atoms with Crippen LogP contribution in [0, 0.1) is 0 Å². The van der Waals surface area contributed by atoms with Gasteiger partial charge in [0.25, 0.3) is 0 Å². The zero-order chi connectivity index (χ0) is 5.98. The first-order valence-electron chi connectivity index (χ1n) is 2.76. The van der Waals surface area contributed by atoms with Crippen molar-refractivity contribution in [3.05, 3.63) is 12.8 Å². The molecule has 0 atom stereocenters. The van der Waals surface area contributed by atoms with E-state index in [-0.39, 0.29) is 43.6 Å². The number of hydrogen-bond acceptors (Lipinski definition) is 1. The summed E-state index contributed by atoms with van der Waals surface area (Å²) >= 11 is 0. The van der Waals surface area contributed by atoms with Gasteiger partial charge in [-0.05, 0) is 12.6 Å². The third-order valence-electron chi connectivity index (χ3n) is 1.33. The van der Waals surface area contributed by atoms with Gasteiger partial charge < -0.3 is 4.90 Å². The van der Waals surface area contributed by atoms with Crippen LogP contribution >= 0.6 is 0 Å². The van der Waals surface area contributed by atoms with Crippen LogP contribution in [0.2, 0.25) is 0 Å². The Morgan fingerprint density at radius 3 is 2.56 bits per heavy atom. The van der Waals surface area contributed by atoms with E-state index in [1.807, 2.05) is 0 Å². The first-order valence-corrected chi connectivity index (χ1v) is 2.76. The summed E-state index contributed by atoms with van der Waals surface area (Å²) in [5.41, 5.74) is 0. The molecule has 1 fully saturated rings. The fourth-order valence-corrected chi connectivity index (χ4v) is 0.862. The van der Waals surface area contributed by atoms with Crippen molar-refractivity contribution in [2.75, 3.05) is 6.54 Å². The molecule has 0 aromatic rings. The van der Waals surface area contributed by atoms with Crippen molar-refractivity contribution in [1.29, 1.82) is 0 Å². The van der Waals surface area contributed by atoms with Gasteiger partial charge in [0.15, 0.2) is 0 Å². The molecular weight excluding hydrogens is 142 g/mol. The van der Waals surface area contributed by atoms with Gasteiger partial charge in [0, 0.05) is 13.0 Å². The SMILES string of the molecule is C=CN1CCCC1=O.[CaH2]. The summed E-state index contributed by atoms with van der Waals surface area (Å²) in [6.07, 6.45) is 3.28. The van der Waals surface area contributed by atoms with Gasteiger partial charge in [-0.25, -0.2) is 0 Å². The number of carbonyl (C=O) groups is 1. The van der Waals surface area contributed by atoms with Crippen molar-refractivity contribution in [3.8, 4) is 0 Å². The molecule has 1 aliphatic heterocycles. The van der Waals surface area contributed by atoms with Crippen LogP contribution in [0.1, 0.15) is 12.8 Å². The molecule has 0 unspecified atom stereocenters. The van der Waals surface area contributed by atoms with Gasteiger partial charge in [0.05, 0.1) is 0 Å². The fourth-order valence-electron chi connectivity index (χ4n) is 0.862. The summed E-state index contributed by atoms with van der Waals surface area (Å²) < 4.78 is 0. The molecule has 0 N–H and O–H groups in total. The normalized spacial score (nSPS) is 17.3. The number of likely N-dealkylation sites (tertiary alicyclic amines) is 1. The molecule has 0 spiro atoms. The summed E-state index contributed by atoms with van der Waals surface area (Å²) in [6, 6.07) is 0. The molecule has 2 nitrogen and oxygen atoms in total. The van der Waals surface area contributed by atoms with Crippen LogP contribution in [-0.4, -0.2) is 55.1 Å². The molecule has 1 amide bonds. The third kappa shape index (κ3) is 2.28. The predicted molar refractivity (Wildman–Crippen MR) is 39.7 cm³/mol. The topological polar surface area (TPSA) is 20.3 Å². The fraction of sp³-hybridized carbons (Fsp3) is 0.500. The second-order valence-electron chi connectivity index (χ2n) is 1.87. The molecule has 1 aliphatic rings. The maximum absolute atomic E-state index is 10.7. The quantitative estimate of drug-likeness (QED) is 0.479. The first kappa shape index (κ1) is 9.47. The second kappa shape index (κ2) is 4.31. The van der Waals surface area contributed by atoms with Crippen LogP contribution in [0.3, 0.4) is 0 Å².